The van der Waals surface area contributed by atoms with Crippen LogP contribution in [0, 0.1) is 6.92 Å². The van der Waals surface area contributed by atoms with Crippen LogP contribution < -0.4 is 5.32 Å². The van der Waals surface area contributed by atoms with Crippen LogP contribution in [-0.4, -0.2) is 40.8 Å². The fraction of sp³-hybridized carbons (Fsp3) is 0.412. The molecular weight excluding hydrogens is 376 g/mol. The lowest BCUT2D eigenvalue weighted by Gasteiger charge is -2.28. The standard InChI is InChI=1S/C17H21BrN2O4/c1-11-16(18)12-6-4-5-7-13(12)20(11)9-14(21)19-17(2,10-24-3)8-15(22)23/h4-7H,8-10H2,1-3H3,(H,19,21)(H,22,23). The van der Waals surface area contributed by atoms with Crippen molar-refractivity contribution in [3.63, 3.8) is 0 Å². The first-order valence-electron chi connectivity index (χ1n) is 7.52. The number of carboxylic acids is 1. The van der Waals surface area contributed by atoms with Crippen molar-refractivity contribution in [1.29, 1.82) is 0 Å². The molecule has 0 aliphatic rings. The van der Waals surface area contributed by atoms with Crippen LogP contribution >= 0.6 is 15.9 Å². The second-order valence-corrected chi connectivity index (χ2v) is 6.91. The maximum atomic E-state index is 12.5. The van der Waals surface area contributed by atoms with E-state index in [9.17, 15) is 9.59 Å². The van der Waals surface area contributed by atoms with Gasteiger partial charge in [0.05, 0.1) is 18.6 Å². The summed E-state index contributed by atoms with van der Waals surface area (Å²) in [4.78, 5) is 23.5. The molecule has 0 saturated carbocycles. The topological polar surface area (TPSA) is 80.6 Å². The molecule has 1 aromatic heterocycles. The van der Waals surface area contributed by atoms with Crippen molar-refractivity contribution in [2.45, 2.75) is 32.4 Å². The van der Waals surface area contributed by atoms with E-state index in [1.54, 1.807) is 6.92 Å². The van der Waals surface area contributed by atoms with E-state index in [0.717, 1.165) is 21.1 Å². The first-order chi connectivity index (χ1) is 11.3. The van der Waals surface area contributed by atoms with Crippen LogP contribution in [-0.2, 0) is 20.9 Å². The van der Waals surface area contributed by atoms with E-state index in [0.29, 0.717) is 0 Å². The Morgan fingerprint density at radius 2 is 2.04 bits per heavy atom. The highest BCUT2D eigenvalue weighted by molar-refractivity contribution is 9.10. The van der Waals surface area contributed by atoms with Gasteiger partial charge in [-0.15, -0.1) is 0 Å². The second-order valence-electron chi connectivity index (χ2n) is 6.12. The molecule has 7 heteroatoms. The van der Waals surface area contributed by atoms with E-state index in [1.807, 2.05) is 35.8 Å². The van der Waals surface area contributed by atoms with Crippen LogP contribution in [0.15, 0.2) is 28.7 Å². The number of carbonyl (C=O) groups excluding carboxylic acids is 1. The molecule has 1 atom stereocenters. The maximum absolute atomic E-state index is 12.5. The van der Waals surface area contributed by atoms with E-state index in [1.165, 1.54) is 7.11 Å². The molecule has 0 spiro atoms. The molecule has 0 saturated heterocycles. The predicted molar refractivity (Wildman–Crippen MR) is 95.1 cm³/mol. The highest BCUT2D eigenvalue weighted by Gasteiger charge is 2.30. The third-order valence-corrected chi connectivity index (χ3v) is 4.90. The molecule has 6 nitrogen and oxygen atoms in total. The molecule has 1 aromatic carbocycles. The van der Waals surface area contributed by atoms with Gasteiger partial charge in [-0.25, -0.2) is 0 Å². The van der Waals surface area contributed by atoms with E-state index in [4.69, 9.17) is 9.84 Å². The zero-order valence-corrected chi connectivity index (χ0v) is 15.5. The van der Waals surface area contributed by atoms with E-state index in [2.05, 4.69) is 21.2 Å². The van der Waals surface area contributed by atoms with Crippen molar-refractivity contribution in [3.8, 4) is 0 Å². The molecular formula is C17H21BrN2O4. The third kappa shape index (κ3) is 3.96. The Labute approximate surface area is 148 Å². The number of benzene rings is 1. The van der Waals surface area contributed by atoms with Crippen LogP contribution in [0.3, 0.4) is 0 Å². The SMILES string of the molecule is COCC(C)(CC(=O)O)NC(=O)Cn1c(C)c(Br)c2ccccc21. The van der Waals surface area contributed by atoms with Crippen LogP contribution in [0.25, 0.3) is 10.9 Å². The largest absolute Gasteiger partial charge is 0.481 e. The Balaban J connectivity index is 2.23. The fourth-order valence-electron chi connectivity index (χ4n) is 2.90. The zero-order chi connectivity index (χ0) is 17.9. The number of aromatic nitrogens is 1. The van der Waals surface area contributed by atoms with E-state index < -0.39 is 11.5 Å². The number of carboxylic acid groups (broad SMARTS) is 1. The monoisotopic (exact) mass is 396 g/mol. The first kappa shape index (κ1) is 18.5. The van der Waals surface area contributed by atoms with Gasteiger partial charge in [0.25, 0.3) is 0 Å². The Kier molecular flexibility index (Phi) is 5.66. The van der Waals surface area contributed by atoms with Crippen molar-refractivity contribution >= 4 is 38.7 Å². The Bertz CT molecular complexity index is 771. The van der Waals surface area contributed by atoms with Crippen molar-refractivity contribution in [2.24, 2.45) is 0 Å². The number of carbonyl (C=O) groups is 2. The molecule has 0 fully saturated rings. The number of nitrogens with one attached hydrogen (secondary N) is 1. The lowest BCUT2D eigenvalue weighted by molar-refractivity contribution is -0.139. The number of para-hydroxylation sites is 1. The minimum atomic E-state index is -0.986. The zero-order valence-electron chi connectivity index (χ0n) is 13.9. The molecule has 1 unspecified atom stereocenters. The van der Waals surface area contributed by atoms with Gasteiger partial charge in [-0.05, 0) is 35.8 Å². The number of aliphatic carboxylic acids is 1. The quantitative estimate of drug-likeness (QED) is 0.753. The van der Waals surface area contributed by atoms with Gasteiger partial charge in [0.1, 0.15) is 6.54 Å². The molecule has 2 aromatic rings. The number of methoxy groups -OCH3 is 1. The fourth-order valence-corrected chi connectivity index (χ4v) is 3.45. The summed E-state index contributed by atoms with van der Waals surface area (Å²) in [6.07, 6.45) is -0.207. The summed E-state index contributed by atoms with van der Waals surface area (Å²) in [7, 11) is 1.48. The van der Waals surface area contributed by atoms with Crippen molar-refractivity contribution in [1.82, 2.24) is 9.88 Å². The number of hydrogen-bond donors (Lipinski definition) is 2. The summed E-state index contributed by atoms with van der Waals surface area (Å²) < 4.78 is 7.92. The van der Waals surface area contributed by atoms with Gasteiger partial charge in [-0.2, -0.15) is 0 Å². The minimum absolute atomic E-state index is 0.108. The number of ether oxygens (including phenoxy) is 1. The van der Waals surface area contributed by atoms with Gasteiger partial charge < -0.3 is 19.7 Å². The summed E-state index contributed by atoms with van der Waals surface area (Å²) in [5, 5.41) is 12.9. The average Bonchev–Trinajstić information content (AvgIpc) is 2.72. The molecule has 0 bridgehead atoms. The lowest BCUT2D eigenvalue weighted by Crippen LogP contribution is -2.51. The number of hydrogen-bond acceptors (Lipinski definition) is 3. The lowest BCUT2D eigenvalue weighted by atomic mass is 9.99. The van der Waals surface area contributed by atoms with Gasteiger partial charge in [0.15, 0.2) is 0 Å². The van der Waals surface area contributed by atoms with Gasteiger partial charge >= 0.3 is 5.97 Å². The molecule has 1 amide bonds. The van der Waals surface area contributed by atoms with Crippen LogP contribution in [0.4, 0.5) is 0 Å². The van der Waals surface area contributed by atoms with Crippen molar-refractivity contribution in [2.75, 3.05) is 13.7 Å². The van der Waals surface area contributed by atoms with Gasteiger partial charge in [0, 0.05) is 28.2 Å². The Morgan fingerprint density at radius 1 is 1.38 bits per heavy atom. The molecule has 0 aliphatic carbocycles. The van der Waals surface area contributed by atoms with Crippen LogP contribution in [0.1, 0.15) is 19.0 Å². The predicted octanol–water partition coefficient (Wildman–Crippen LogP) is 2.71. The normalized spacial score (nSPS) is 13.7. The Morgan fingerprint density at radius 3 is 2.67 bits per heavy atom. The first-order valence-corrected chi connectivity index (χ1v) is 8.32. The summed E-state index contributed by atoms with van der Waals surface area (Å²) in [6.45, 7) is 3.83. The number of nitrogens with zero attached hydrogens (tertiary/aromatic N) is 1. The van der Waals surface area contributed by atoms with Gasteiger partial charge in [-0.1, -0.05) is 18.2 Å². The number of rotatable bonds is 7. The highest BCUT2D eigenvalue weighted by Crippen LogP contribution is 2.30. The van der Waals surface area contributed by atoms with Gasteiger partial charge in [-0.3, -0.25) is 9.59 Å². The van der Waals surface area contributed by atoms with Crippen molar-refractivity contribution < 1.29 is 19.4 Å². The van der Waals surface area contributed by atoms with Gasteiger partial charge in [0.2, 0.25) is 5.91 Å². The highest BCUT2D eigenvalue weighted by atomic mass is 79.9. The van der Waals surface area contributed by atoms with E-state index in [-0.39, 0.29) is 25.5 Å². The molecule has 0 radical (unpaired) electrons. The molecule has 1 heterocycles. The smallest absolute Gasteiger partial charge is 0.305 e. The summed E-state index contributed by atoms with van der Waals surface area (Å²) in [5.74, 6) is -1.24. The molecule has 2 rings (SSSR count). The van der Waals surface area contributed by atoms with Crippen molar-refractivity contribution in [3.05, 3.63) is 34.4 Å². The average molecular weight is 397 g/mol. The molecule has 2 N–H and O–H groups in total. The summed E-state index contributed by atoms with van der Waals surface area (Å²) in [6, 6.07) is 7.80. The summed E-state index contributed by atoms with van der Waals surface area (Å²) >= 11 is 3.56. The maximum Gasteiger partial charge on any atom is 0.305 e. The minimum Gasteiger partial charge on any atom is -0.481 e. The molecule has 130 valence electrons. The number of amides is 1. The Hall–Kier alpha value is -1.86. The van der Waals surface area contributed by atoms with Crippen LogP contribution in [0.5, 0.6) is 0 Å². The number of fused-ring (bicyclic) bond motifs is 1. The second kappa shape index (κ2) is 7.36. The number of halogens is 1. The van der Waals surface area contributed by atoms with Crippen LogP contribution in [0.2, 0.25) is 0 Å². The summed E-state index contributed by atoms with van der Waals surface area (Å²) in [5.41, 5.74) is 0.938. The van der Waals surface area contributed by atoms with E-state index >= 15 is 0 Å². The third-order valence-electron chi connectivity index (χ3n) is 3.90. The molecule has 0 aliphatic heterocycles. The molecule has 24 heavy (non-hydrogen) atoms.